The van der Waals surface area contributed by atoms with Gasteiger partial charge in [0.25, 0.3) is 0 Å². The van der Waals surface area contributed by atoms with E-state index in [0.717, 1.165) is 11.1 Å². The number of aliphatic hydroxyl groups excluding tert-OH is 3. The number of hydroxylamine groups is 2. The monoisotopic (exact) mass is 389 g/mol. The molecule has 1 saturated heterocycles. The Morgan fingerprint density at radius 2 is 2.04 bits per heavy atom. The average Bonchev–Trinajstić information content (AvgIpc) is 3.24. The number of rotatable bonds is 5. The molecule has 0 amide bonds. The maximum atomic E-state index is 10.2. The minimum absolute atomic E-state index is 0.0753. The summed E-state index contributed by atoms with van der Waals surface area (Å²) < 4.78 is 7.06. The molecule has 1 aromatic heterocycles. The van der Waals surface area contributed by atoms with Crippen molar-refractivity contribution in [2.75, 3.05) is 18.6 Å². The molecule has 0 unspecified atom stereocenters. The number of fused-ring (bicyclic) bond motifs is 1. The molecule has 2 aliphatic rings. The highest BCUT2D eigenvalue weighted by Crippen LogP contribution is 2.34. The predicted octanol–water partition coefficient (Wildman–Crippen LogP) is -0.0548. The van der Waals surface area contributed by atoms with Gasteiger partial charge in [-0.05, 0) is 12.5 Å². The van der Waals surface area contributed by atoms with Gasteiger partial charge in [0.15, 0.2) is 12.1 Å². The standard InChI is InChI=1S/C18H23N5O5/c1-10-2-4-11(5-3-10)7-27-23-9-21-17-13(16(23)19)20-8-22(17)18-15(26)14(25)12(6-24)28-18/h2-5,8,12,14-15,18-19,21,24-26H,6-7,9H2,1H3/t12-,14-,15-,18-/m1/s1. The highest BCUT2D eigenvalue weighted by Gasteiger charge is 2.44. The first kappa shape index (κ1) is 18.8. The minimum Gasteiger partial charge on any atom is -0.394 e. The van der Waals surface area contributed by atoms with Crippen LogP contribution in [0.4, 0.5) is 5.82 Å². The number of anilines is 1. The lowest BCUT2D eigenvalue weighted by molar-refractivity contribution is -0.108. The van der Waals surface area contributed by atoms with Crippen molar-refractivity contribution in [1.82, 2.24) is 14.6 Å². The Kier molecular flexibility index (Phi) is 5.04. The van der Waals surface area contributed by atoms with Gasteiger partial charge in [-0.2, -0.15) is 0 Å². The van der Waals surface area contributed by atoms with E-state index in [9.17, 15) is 15.3 Å². The Morgan fingerprint density at radius 1 is 1.29 bits per heavy atom. The zero-order chi connectivity index (χ0) is 19.8. The van der Waals surface area contributed by atoms with Crippen molar-refractivity contribution in [3.05, 3.63) is 47.4 Å². The molecule has 10 nitrogen and oxygen atoms in total. The van der Waals surface area contributed by atoms with Crippen molar-refractivity contribution in [2.24, 2.45) is 0 Å². The van der Waals surface area contributed by atoms with Crippen molar-refractivity contribution in [2.45, 2.75) is 38.1 Å². The summed E-state index contributed by atoms with van der Waals surface area (Å²) in [6, 6.07) is 7.94. The van der Waals surface area contributed by atoms with E-state index in [1.165, 1.54) is 16.0 Å². The number of nitrogens with zero attached hydrogens (tertiary/aromatic N) is 3. The van der Waals surface area contributed by atoms with E-state index in [1.54, 1.807) is 0 Å². The van der Waals surface area contributed by atoms with Gasteiger partial charge in [-0.1, -0.05) is 29.8 Å². The van der Waals surface area contributed by atoms with Crippen LogP contribution in [0.25, 0.3) is 0 Å². The highest BCUT2D eigenvalue weighted by molar-refractivity contribution is 5.99. The molecule has 10 heteroatoms. The van der Waals surface area contributed by atoms with Gasteiger partial charge in [0.1, 0.15) is 43.1 Å². The summed E-state index contributed by atoms with van der Waals surface area (Å²) in [5.41, 5.74) is 2.49. The van der Waals surface area contributed by atoms with Crippen LogP contribution in [-0.2, 0) is 16.2 Å². The summed E-state index contributed by atoms with van der Waals surface area (Å²) >= 11 is 0. The Labute approximate surface area is 161 Å². The van der Waals surface area contributed by atoms with Crippen molar-refractivity contribution in [3.8, 4) is 0 Å². The van der Waals surface area contributed by atoms with Gasteiger partial charge in [-0.3, -0.25) is 14.8 Å². The fourth-order valence-corrected chi connectivity index (χ4v) is 3.30. The molecule has 0 bridgehead atoms. The van der Waals surface area contributed by atoms with E-state index in [2.05, 4.69) is 10.3 Å². The van der Waals surface area contributed by atoms with Crippen molar-refractivity contribution >= 4 is 11.7 Å². The first-order valence-electron chi connectivity index (χ1n) is 8.97. The molecule has 0 spiro atoms. The molecule has 4 rings (SSSR count). The lowest BCUT2D eigenvalue weighted by Crippen LogP contribution is -2.41. The molecule has 2 aliphatic heterocycles. The van der Waals surface area contributed by atoms with E-state index in [4.69, 9.17) is 15.0 Å². The van der Waals surface area contributed by atoms with Gasteiger partial charge in [0.05, 0.1) is 12.9 Å². The zero-order valence-corrected chi connectivity index (χ0v) is 15.3. The van der Waals surface area contributed by atoms with Crippen LogP contribution in [0.2, 0.25) is 0 Å². The third-order valence-electron chi connectivity index (χ3n) is 4.96. The summed E-state index contributed by atoms with van der Waals surface area (Å²) in [6.45, 7) is 2.13. The summed E-state index contributed by atoms with van der Waals surface area (Å²) in [4.78, 5) is 9.96. The number of nitrogens with one attached hydrogen (secondary N) is 2. The molecular formula is C18H23N5O5. The third-order valence-corrected chi connectivity index (χ3v) is 4.96. The Bertz CT molecular complexity index is 855. The predicted molar refractivity (Wildman–Crippen MR) is 98.4 cm³/mol. The van der Waals surface area contributed by atoms with E-state index in [0.29, 0.717) is 18.1 Å². The Hall–Kier alpha value is -2.50. The maximum absolute atomic E-state index is 10.2. The van der Waals surface area contributed by atoms with Crippen LogP contribution >= 0.6 is 0 Å². The number of hydrogen-bond acceptors (Lipinski definition) is 8. The van der Waals surface area contributed by atoms with Crippen molar-refractivity contribution in [1.29, 1.82) is 5.41 Å². The number of aryl methyl sites for hydroxylation is 1. The van der Waals surface area contributed by atoms with Gasteiger partial charge in [0.2, 0.25) is 0 Å². The lowest BCUT2D eigenvalue weighted by Gasteiger charge is -2.30. The van der Waals surface area contributed by atoms with Crippen LogP contribution in [0.15, 0.2) is 30.6 Å². The minimum atomic E-state index is -1.22. The largest absolute Gasteiger partial charge is 0.394 e. The van der Waals surface area contributed by atoms with Gasteiger partial charge in [-0.15, -0.1) is 0 Å². The number of amidine groups is 1. The third kappa shape index (κ3) is 3.25. The average molecular weight is 389 g/mol. The second kappa shape index (κ2) is 7.49. The second-order valence-corrected chi connectivity index (χ2v) is 6.90. The number of imidazole rings is 1. The summed E-state index contributed by atoms with van der Waals surface area (Å²) in [5, 5.41) is 42.3. The van der Waals surface area contributed by atoms with Crippen molar-refractivity contribution in [3.63, 3.8) is 0 Å². The Morgan fingerprint density at radius 3 is 2.71 bits per heavy atom. The first-order chi connectivity index (χ1) is 13.5. The molecule has 0 saturated carbocycles. The number of benzene rings is 1. The molecule has 0 aliphatic carbocycles. The molecule has 150 valence electrons. The van der Waals surface area contributed by atoms with Crippen molar-refractivity contribution < 1.29 is 24.9 Å². The molecular weight excluding hydrogens is 366 g/mol. The molecule has 5 N–H and O–H groups in total. The normalized spacial score (nSPS) is 27.0. The fraction of sp³-hybridized carbons (Fsp3) is 0.444. The molecule has 1 aromatic carbocycles. The van der Waals surface area contributed by atoms with Gasteiger partial charge in [-0.25, -0.2) is 10.0 Å². The quantitative estimate of drug-likeness (QED) is 0.480. The number of aliphatic hydroxyl groups is 3. The second-order valence-electron chi connectivity index (χ2n) is 6.90. The number of ether oxygens (including phenoxy) is 1. The number of hydrogen-bond donors (Lipinski definition) is 5. The summed E-state index contributed by atoms with van der Waals surface area (Å²) in [5.74, 6) is 0.557. The summed E-state index contributed by atoms with van der Waals surface area (Å²) in [6.07, 6.45) is -2.79. The SMILES string of the molecule is Cc1ccc(CON2CNc3c(ncn3[C@@H]3O[C@H](CO)[C@@H](O)[C@H]3O)C2=N)cc1. The van der Waals surface area contributed by atoms with Crippen LogP contribution in [0, 0.1) is 12.3 Å². The highest BCUT2D eigenvalue weighted by atomic mass is 16.7. The smallest absolute Gasteiger partial charge is 0.176 e. The molecule has 28 heavy (non-hydrogen) atoms. The van der Waals surface area contributed by atoms with Gasteiger partial charge in [0, 0.05) is 0 Å². The van der Waals surface area contributed by atoms with Crippen LogP contribution in [-0.4, -0.2) is 67.4 Å². The maximum Gasteiger partial charge on any atom is 0.176 e. The topological polar surface area (TPSA) is 136 Å². The van der Waals surface area contributed by atoms with E-state index >= 15 is 0 Å². The molecule has 4 atom stereocenters. The van der Waals surface area contributed by atoms with Gasteiger partial charge < -0.3 is 25.4 Å². The lowest BCUT2D eigenvalue weighted by atomic mass is 10.1. The Balaban J connectivity index is 1.47. The van der Waals surface area contributed by atoms with E-state index in [-0.39, 0.29) is 12.5 Å². The molecule has 0 radical (unpaired) electrons. The molecule has 2 aromatic rings. The fourth-order valence-electron chi connectivity index (χ4n) is 3.30. The van der Waals surface area contributed by atoms with Crippen LogP contribution in [0.5, 0.6) is 0 Å². The zero-order valence-electron chi connectivity index (χ0n) is 15.3. The van der Waals surface area contributed by atoms with Gasteiger partial charge >= 0.3 is 0 Å². The van der Waals surface area contributed by atoms with Crippen LogP contribution in [0.1, 0.15) is 23.0 Å². The molecule has 1 fully saturated rings. The first-order valence-corrected chi connectivity index (χ1v) is 8.97. The molecule has 3 heterocycles. The summed E-state index contributed by atoms with van der Waals surface area (Å²) in [7, 11) is 0. The number of aromatic nitrogens is 2. The van der Waals surface area contributed by atoms with Crippen LogP contribution in [0.3, 0.4) is 0 Å². The van der Waals surface area contributed by atoms with E-state index < -0.39 is 31.1 Å². The van der Waals surface area contributed by atoms with Crippen LogP contribution < -0.4 is 5.32 Å². The van der Waals surface area contributed by atoms with E-state index in [1.807, 2.05) is 31.2 Å².